The van der Waals surface area contributed by atoms with Crippen LogP contribution in [0.5, 0.6) is 0 Å². The molecule has 0 N–H and O–H groups in total. The van der Waals surface area contributed by atoms with Crippen LogP contribution in [0, 0.1) is 0 Å². The Bertz CT molecular complexity index is 3250. The molecule has 0 radical (unpaired) electrons. The van der Waals surface area contributed by atoms with Crippen LogP contribution in [0.15, 0.2) is 138 Å². The molecule has 0 bridgehead atoms. The van der Waals surface area contributed by atoms with Gasteiger partial charge in [-0.05, 0) is 65.4 Å². The second-order valence-corrected chi connectivity index (χ2v) is 12.6. The van der Waals surface area contributed by atoms with Crippen LogP contribution in [0.1, 0.15) is 0 Å². The number of aromatic nitrogens is 4. The molecule has 12 rings (SSSR count). The Morgan fingerprint density at radius 1 is 0.468 bits per heavy atom. The van der Waals surface area contributed by atoms with Crippen molar-refractivity contribution in [1.82, 2.24) is 18.9 Å². The Hall–Kier alpha value is -6.46. The summed E-state index contributed by atoms with van der Waals surface area (Å²) in [6.45, 7) is 0. The third-order valence-corrected chi connectivity index (χ3v) is 10.2. The number of hydrogen-bond donors (Lipinski definition) is 0. The molecule has 0 spiro atoms. The van der Waals surface area contributed by atoms with Crippen LogP contribution in [-0.4, -0.2) is 18.9 Å². The van der Waals surface area contributed by atoms with E-state index in [-0.39, 0.29) is 0 Å². The SMILES string of the molecule is c1ccc2cc(-c3nc(-n4c5ccc6oc7ccc8c9ccccc9n9c%10cccc4c%10c5c6c7c89)nc4ccccc34)ccc2c1. The standard InChI is InChI=1S/C42H22N4O/c1-2-9-24-22-25(17-16-23(24)8-1)40-28-11-3-5-12-29(28)43-42(44-40)46-32-15-7-14-31-36(32)37-33(46)19-21-34-38(37)39-35(47-34)20-18-27-26-10-4-6-13-30(26)45(31)41(27)39/h1-22H. The first kappa shape index (κ1) is 23.9. The lowest BCUT2D eigenvalue weighted by Crippen LogP contribution is -2.03. The van der Waals surface area contributed by atoms with Crippen molar-refractivity contribution < 1.29 is 4.42 Å². The zero-order chi connectivity index (χ0) is 30.4. The highest BCUT2D eigenvalue weighted by atomic mass is 16.3. The molecule has 5 aromatic heterocycles. The van der Waals surface area contributed by atoms with Gasteiger partial charge in [-0.2, -0.15) is 0 Å². The molecule has 0 saturated heterocycles. The Labute approximate surface area is 266 Å². The van der Waals surface area contributed by atoms with Crippen LogP contribution in [0.4, 0.5) is 0 Å². The lowest BCUT2D eigenvalue weighted by Gasteiger charge is -2.12. The number of rotatable bonds is 2. The van der Waals surface area contributed by atoms with Crippen LogP contribution in [0.2, 0.25) is 0 Å². The second kappa shape index (κ2) is 8.22. The van der Waals surface area contributed by atoms with Crippen molar-refractivity contribution in [1.29, 1.82) is 0 Å². The van der Waals surface area contributed by atoms with Crippen LogP contribution < -0.4 is 0 Å². The molecule has 7 aromatic carbocycles. The smallest absolute Gasteiger partial charge is 0.235 e. The minimum absolute atomic E-state index is 0.652. The quantitative estimate of drug-likeness (QED) is 0.199. The molecule has 0 atom stereocenters. The van der Waals surface area contributed by atoms with E-state index in [9.17, 15) is 0 Å². The highest BCUT2D eigenvalue weighted by Crippen LogP contribution is 2.48. The highest BCUT2D eigenvalue weighted by Gasteiger charge is 2.27. The second-order valence-electron chi connectivity index (χ2n) is 12.6. The molecular weight excluding hydrogens is 576 g/mol. The van der Waals surface area contributed by atoms with Gasteiger partial charge >= 0.3 is 0 Å². The molecule has 0 amide bonds. The highest BCUT2D eigenvalue weighted by molar-refractivity contribution is 6.37. The van der Waals surface area contributed by atoms with Gasteiger partial charge in [0.1, 0.15) is 11.2 Å². The zero-order valence-corrected chi connectivity index (χ0v) is 24.9. The van der Waals surface area contributed by atoms with Gasteiger partial charge in [-0.15, -0.1) is 0 Å². The maximum atomic E-state index is 6.57. The lowest BCUT2D eigenvalue weighted by atomic mass is 10.0. The van der Waals surface area contributed by atoms with Gasteiger partial charge < -0.3 is 8.82 Å². The van der Waals surface area contributed by atoms with E-state index in [0.717, 1.165) is 60.6 Å². The summed E-state index contributed by atoms with van der Waals surface area (Å²) in [5.41, 5.74) is 10.4. The third-order valence-electron chi connectivity index (χ3n) is 10.2. The van der Waals surface area contributed by atoms with Crippen LogP contribution >= 0.6 is 0 Å². The van der Waals surface area contributed by atoms with Crippen molar-refractivity contribution >= 4 is 92.7 Å². The summed E-state index contributed by atoms with van der Waals surface area (Å²) in [6, 6.07) is 47.3. The molecule has 0 fully saturated rings. The van der Waals surface area contributed by atoms with E-state index < -0.39 is 0 Å². The van der Waals surface area contributed by atoms with Crippen molar-refractivity contribution in [2.45, 2.75) is 0 Å². The van der Waals surface area contributed by atoms with Crippen LogP contribution in [0.3, 0.4) is 0 Å². The maximum Gasteiger partial charge on any atom is 0.235 e. The van der Waals surface area contributed by atoms with E-state index >= 15 is 0 Å². The summed E-state index contributed by atoms with van der Waals surface area (Å²) in [5.74, 6) is 0.652. The summed E-state index contributed by atoms with van der Waals surface area (Å²) in [7, 11) is 0. The number of furan rings is 1. The average molecular weight is 599 g/mol. The summed E-state index contributed by atoms with van der Waals surface area (Å²) in [4.78, 5) is 10.6. The van der Waals surface area contributed by atoms with E-state index in [4.69, 9.17) is 14.4 Å². The number of hydrogen-bond acceptors (Lipinski definition) is 3. The van der Waals surface area contributed by atoms with Gasteiger partial charge in [0, 0.05) is 37.9 Å². The summed E-state index contributed by atoms with van der Waals surface area (Å²) in [6.07, 6.45) is 0. The molecule has 47 heavy (non-hydrogen) atoms. The van der Waals surface area contributed by atoms with Crippen molar-refractivity contribution in [3.63, 3.8) is 0 Å². The predicted molar refractivity (Wildman–Crippen MR) is 192 cm³/mol. The molecule has 0 aliphatic rings. The number of benzene rings is 7. The summed E-state index contributed by atoms with van der Waals surface area (Å²) in [5, 5.41) is 10.6. The van der Waals surface area contributed by atoms with Gasteiger partial charge in [0.2, 0.25) is 5.95 Å². The van der Waals surface area contributed by atoms with Gasteiger partial charge in [-0.3, -0.25) is 4.57 Å². The monoisotopic (exact) mass is 598 g/mol. The fraction of sp³-hybridized carbons (Fsp3) is 0. The first-order chi connectivity index (χ1) is 23.3. The molecule has 5 nitrogen and oxygen atoms in total. The third kappa shape index (κ3) is 2.86. The molecule has 5 heterocycles. The molecule has 0 saturated carbocycles. The van der Waals surface area contributed by atoms with E-state index in [1.54, 1.807) is 0 Å². The number of para-hydroxylation sites is 2. The van der Waals surface area contributed by atoms with E-state index in [0.29, 0.717) is 5.95 Å². The molecule has 216 valence electrons. The first-order valence-electron chi connectivity index (χ1n) is 15.9. The van der Waals surface area contributed by atoms with Gasteiger partial charge in [0.05, 0.1) is 44.2 Å². The summed E-state index contributed by atoms with van der Waals surface area (Å²) >= 11 is 0. The maximum absolute atomic E-state index is 6.57. The van der Waals surface area contributed by atoms with Crippen molar-refractivity contribution in [3.8, 4) is 17.2 Å². The van der Waals surface area contributed by atoms with E-state index in [1.807, 2.05) is 0 Å². The molecular formula is C42H22N4O. The van der Waals surface area contributed by atoms with Crippen molar-refractivity contribution in [2.75, 3.05) is 0 Å². The summed E-state index contributed by atoms with van der Waals surface area (Å²) < 4.78 is 11.3. The molecule has 0 aliphatic carbocycles. The fourth-order valence-electron chi connectivity index (χ4n) is 8.30. The molecule has 0 unspecified atom stereocenters. The fourth-order valence-corrected chi connectivity index (χ4v) is 8.30. The first-order valence-corrected chi connectivity index (χ1v) is 15.9. The minimum Gasteiger partial charge on any atom is -0.456 e. The number of nitrogens with zero attached hydrogens (tertiary/aromatic N) is 4. The molecule has 5 heteroatoms. The minimum atomic E-state index is 0.652. The normalized spacial score (nSPS) is 12.7. The number of fused-ring (bicyclic) bond motifs is 6. The van der Waals surface area contributed by atoms with Crippen molar-refractivity contribution in [3.05, 3.63) is 133 Å². The van der Waals surface area contributed by atoms with Gasteiger partial charge in [0.25, 0.3) is 0 Å². The van der Waals surface area contributed by atoms with Crippen molar-refractivity contribution in [2.24, 2.45) is 0 Å². The Balaban J connectivity index is 1.28. The zero-order valence-electron chi connectivity index (χ0n) is 24.9. The lowest BCUT2D eigenvalue weighted by molar-refractivity contribution is 0.669. The largest absolute Gasteiger partial charge is 0.456 e. The Morgan fingerprint density at radius 2 is 1.21 bits per heavy atom. The van der Waals surface area contributed by atoms with Gasteiger partial charge in [0.15, 0.2) is 0 Å². The van der Waals surface area contributed by atoms with Crippen LogP contribution in [-0.2, 0) is 0 Å². The molecule has 0 aliphatic heterocycles. The van der Waals surface area contributed by atoms with E-state index in [1.165, 1.54) is 43.4 Å². The Kier molecular flexibility index (Phi) is 4.17. The van der Waals surface area contributed by atoms with Gasteiger partial charge in [-0.1, -0.05) is 78.9 Å². The topological polar surface area (TPSA) is 48.3 Å². The Morgan fingerprint density at radius 3 is 2.17 bits per heavy atom. The van der Waals surface area contributed by atoms with E-state index in [2.05, 4.69) is 142 Å². The average Bonchev–Trinajstić information content (AvgIpc) is 3.75. The predicted octanol–water partition coefficient (Wildman–Crippen LogP) is 10.9. The van der Waals surface area contributed by atoms with Crippen LogP contribution in [0.25, 0.3) is 110 Å². The molecule has 12 aromatic rings. The van der Waals surface area contributed by atoms with Gasteiger partial charge in [-0.25, -0.2) is 9.97 Å².